The number of hydrogen-bond donors (Lipinski definition) is 2. The molecule has 3 atom stereocenters. The Kier molecular flexibility index (Phi) is 4.03. The number of hydrogen-bond acceptors (Lipinski definition) is 3. The van der Waals surface area contributed by atoms with Gasteiger partial charge < -0.3 is 5.11 Å². The number of halogens is 1. The summed E-state index contributed by atoms with van der Waals surface area (Å²) in [6, 6.07) is 3.51. The molecule has 2 aliphatic carbocycles. The number of nitrogens with one attached hydrogen (secondary N) is 1. The third-order valence-electron chi connectivity index (χ3n) is 4.92. The summed E-state index contributed by atoms with van der Waals surface area (Å²) in [7, 11) is -3.64. The Hall–Kier alpha value is -0.980. The molecule has 2 fully saturated rings. The SMILES string of the molecule is O=S(=O)(NCC1CC2CCC1C2)c1ccc(F)c(CO)c1. The lowest BCUT2D eigenvalue weighted by atomic mass is 9.89. The van der Waals surface area contributed by atoms with E-state index in [1.807, 2.05) is 0 Å². The monoisotopic (exact) mass is 313 g/mol. The molecule has 2 aliphatic rings. The van der Waals surface area contributed by atoms with Gasteiger partial charge in [0.2, 0.25) is 10.0 Å². The molecule has 1 aromatic rings. The van der Waals surface area contributed by atoms with Crippen LogP contribution >= 0.6 is 0 Å². The van der Waals surface area contributed by atoms with Gasteiger partial charge in [-0.1, -0.05) is 6.42 Å². The normalized spacial score (nSPS) is 28.2. The maximum atomic E-state index is 13.3. The molecule has 0 saturated heterocycles. The number of aliphatic hydroxyl groups excluding tert-OH is 1. The second-order valence-electron chi connectivity index (χ2n) is 6.20. The predicted molar refractivity (Wildman–Crippen MR) is 76.4 cm³/mol. The molecule has 0 radical (unpaired) electrons. The van der Waals surface area contributed by atoms with Gasteiger partial charge >= 0.3 is 0 Å². The highest BCUT2D eigenvalue weighted by Crippen LogP contribution is 2.48. The van der Waals surface area contributed by atoms with E-state index >= 15 is 0 Å². The first-order chi connectivity index (χ1) is 9.99. The largest absolute Gasteiger partial charge is 0.392 e. The summed E-state index contributed by atoms with van der Waals surface area (Å²) in [5.74, 6) is 1.26. The third-order valence-corrected chi connectivity index (χ3v) is 6.34. The van der Waals surface area contributed by atoms with Crippen LogP contribution in [0.5, 0.6) is 0 Å². The van der Waals surface area contributed by atoms with Crippen molar-refractivity contribution in [1.29, 1.82) is 0 Å². The molecule has 0 heterocycles. The molecule has 2 saturated carbocycles. The molecule has 2 N–H and O–H groups in total. The van der Waals surface area contributed by atoms with E-state index in [0.29, 0.717) is 18.4 Å². The summed E-state index contributed by atoms with van der Waals surface area (Å²) >= 11 is 0. The lowest BCUT2D eigenvalue weighted by molar-refractivity contribution is 0.275. The fourth-order valence-corrected chi connectivity index (χ4v) is 4.91. The van der Waals surface area contributed by atoms with Crippen molar-refractivity contribution >= 4 is 10.0 Å². The molecule has 0 aromatic heterocycles. The van der Waals surface area contributed by atoms with Crippen molar-refractivity contribution in [3.8, 4) is 0 Å². The van der Waals surface area contributed by atoms with Crippen molar-refractivity contribution in [3.63, 3.8) is 0 Å². The molecule has 3 rings (SSSR count). The first-order valence-electron chi connectivity index (χ1n) is 7.38. The zero-order valence-electron chi connectivity index (χ0n) is 11.8. The first-order valence-corrected chi connectivity index (χ1v) is 8.87. The molecule has 1 aromatic carbocycles. The van der Waals surface area contributed by atoms with Crippen LogP contribution in [0.4, 0.5) is 4.39 Å². The minimum Gasteiger partial charge on any atom is -0.392 e. The van der Waals surface area contributed by atoms with Gasteiger partial charge in [0, 0.05) is 12.1 Å². The number of sulfonamides is 1. The van der Waals surface area contributed by atoms with Crippen molar-refractivity contribution < 1.29 is 17.9 Å². The Morgan fingerprint density at radius 3 is 2.71 bits per heavy atom. The number of aliphatic hydroxyl groups is 1. The van der Waals surface area contributed by atoms with Crippen LogP contribution in [0.3, 0.4) is 0 Å². The molecule has 0 amide bonds. The second kappa shape index (κ2) is 5.66. The Balaban J connectivity index is 1.69. The van der Waals surface area contributed by atoms with E-state index in [-0.39, 0.29) is 10.5 Å². The molecule has 4 nitrogen and oxygen atoms in total. The van der Waals surface area contributed by atoms with Crippen LogP contribution in [-0.2, 0) is 16.6 Å². The molecule has 116 valence electrons. The highest BCUT2D eigenvalue weighted by atomic mass is 32.2. The zero-order valence-corrected chi connectivity index (χ0v) is 12.6. The van der Waals surface area contributed by atoms with Gasteiger partial charge in [-0.3, -0.25) is 0 Å². The van der Waals surface area contributed by atoms with E-state index in [0.717, 1.165) is 18.4 Å². The number of fused-ring (bicyclic) bond motifs is 2. The van der Waals surface area contributed by atoms with Gasteiger partial charge in [0.1, 0.15) is 5.82 Å². The quantitative estimate of drug-likeness (QED) is 0.874. The average molecular weight is 313 g/mol. The van der Waals surface area contributed by atoms with E-state index in [1.54, 1.807) is 0 Å². The molecule has 6 heteroatoms. The lowest BCUT2D eigenvalue weighted by Crippen LogP contribution is -2.31. The summed E-state index contributed by atoms with van der Waals surface area (Å²) in [5.41, 5.74) is -0.00204. The Morgan fingerprint density at radius 2 is 2.10 bits per heavy atom. The van der Waals surface area contributed by atoms with Crippen LogP contribution < -0.4 is 4.72 Å². The van der Waals surface area contributed by atoms with Crippen molar-refractivity contribution in [2.75, 3.05) is 6.54 Å². The van der Waals surface area contributed by atoms with Crippen molar-refractivity contribution in [1.82, 2.24) is 4.72 Å². The summed E-state index contributed by atoms with van der Waals surface area (Å²) in [4.78, 5) is 0.0103. The predicted octanol–water partition coefficient (Wildman–Crippen LogP) is 2.03. The Labute approximate surface area is 124 Å². The third kappa shape index (κ3) is 2.98. The topological polar surface area (TPSA) is 66.4 Å². The van der Waals surface area contributed by atoms with E-state index in [2.05, 4.69) is 4.72 Å². The maximum Gasteiger partial charge on any atom is 0.240 e. The van der Waals surface area contributed by atoms with Crippen molar-refractivity contribution in [3.05, 3.63) is 29.6 Å². The van der Waals surface area contributed by atoms with E-state index in [4.69, 9.17) is 5.11 Å². The molecule has 0 spiro atoms. The summed E-state index contributed by atoms with van der Waals surface area (Å²) < 4.78 is 40.5. The Morgan fingerprint density at radius 1 is 1.29 bits per heavy atom. The van der Waals surface area contributed by atoms with Gasteiger partial charge in [-0.25, -0.2) is 17.5 Å². The lowest BCUT2D eigenvalue weighted by Gasteiger charge is -2.21. The van der Waals surface area contributed by atoms with E-state index in [1.165, 1.54) is 31.4 Å². The van der Waals surface area contributed by atoms with Gasteiger partial charge in [0.15, 0.2) is 0 Å². The minimum atomic E-state index is -3.64. The Bertz CT molecular complexity index is 632. The highest BCUT2D eigenvalue weighted by molar-refractivity contribution is 7.89. The summed E-state index contributed by atoms with van der Waals surface area (Å²) in [5, 5.41) is 9.03. The van der Waals surface area contributed by atoms with Gasteiger partial charge in [0.05, 0.1) is 11.5 Å². The maximum absolute atomic E-state index is 13.3. The van der Waals surface area contributed by atoms with Crippen LogP contribution in [0.15, 0.2) is 23.1 Å². The molecule has 3 unspecified atom stereocenters. The number of rotatable bonds is 5. The smallest absolute Gasteiger partial charge is 0.240 e. The highest BCUT2D eigenvalue weighted by Gasteiger charge is 2.39. The first kappa shape index (κ1) is 14.9. The molecular weight excluding hydrogens is 293 g/mol. The van der Waals surface area contributed by atoms with Gasteiger partial charge in [-0.05, 0) is 55.2 Å². The second-order valence-corrected chi connectivity index (χ2v) is 7.97. The van der Waals surface area contributed by atoms with Crippen LogP contribution in [0.25, 0.3) is 0 Å². The van der Waals surface area contributed by atoms with Gasteiger partial charge in [-0.2, -0.15) is 0 Å². The van der Waals surface area contributed by atoms with Crippen molar-refractivity contribution in [2.24, 2.45) is 17.8 Å². The molecule has 2 bridgehead atoms. The standard InChI is InChI=1S/C15H20FNO3S/c16-15-4-3-14(7-13(15)9-18)21(19,20)17-8-12-6-10-1-2-11(12)5-10/h3-4,7,10-12,17-18H,1-2,5-6,8-9H2. The summed E-state index contributed by atoms with van der Waals surface area (Å²) in [6.45, 7) is -0.0586. The minimum absolute atomic E-state index is 0.00204. The summed E-state index contributed by atoms with van der Waals surface area (Å²) in [6.07, 6.45) is 4.84. The zero-order chi connectivity index (χ0) is 15.0. The van der Waals surface area contributed by atoms with Crippen LogP contribution in [-0.4, -0.2) is 20.1 Å². The van der Waals surface area contributed by atoms with Gasteiger partial charge in [-0.15, -0.1) is 0 Å². The fraction of sp³-hybridized carbons (Fsp3) is 0.600. The number of benzene rings is 1. The molecule has 0 aliphatic heterocycles. The molecule has 21 heavy (non-hydrogen) atoms. The fourth-order valence-electron chi connectivity index (χ4n) is 3.77. The van der Waals surface area contributed by atoms with Crippen molar-refractivity contribution in [2.45, 2.75) is 37.2 Å². The van der Waals surface area contributed by atoms with E-state index < -0.39 is 22.4 Å². The molecular formula is C15H20FNO3S. The van der Waals surface area contributed by atoms with Crippen LogP contribution in [0.1, 0.15) is 31.2 Å². The van der Waals surface area contributed by atoms with Crippen LogP contribution in [0, 0.1) is 23.6 Å². The van der Waals surface area contributed by atoms with Gasteiger partial charge in [0.25, 0.3) is 0 Å². The average Bonchev–Trinajstić information content (AvgIpc) is 3.08. The van der Waals surface area contributed by atoms with E-state index in [9.17, 15) is 12.8 Å². The van der Waals surface area contributed by atoms with Crippen LogP contribution in [0.2, 0.25) is 0 Å².